The lowest BCUT2D eigenvalue weighted by Gasteiger charge is -2.32. The predicted molar refractivity (Wildman–Crippen MR) is 88.7 cm³/mol. The van der Waals surface area contributed by atoms with Gasteiger partial charge in [-0.15, -0.1) is 0 Å². The summed E-state index contributed by atoms with van der Waals surface area (Å²) >= 11 is 6.10. The molecule has 0 aliphatic carbocycles. The van der Waals surface area contributed by atoms with Gasteiger partial charge in [0.2, 0.25) is 5.95 Å². The Bertz CT molecular complexity index is 834. The monoisotopic (exact) mass is 326 g/mol. The molecule has 5 nitrogen and oxygen atoms in total. The van der Waals surface area contributed by atoms with Gasteiger partial charge >= 0.3 is 0 Å². The lowest BCUT2D eigenvalue weighted by atomic mass is 9.93. The van der Waals surface area contributed by atoms with Gasteiger partial charge in [0.05, 0.1) is 12.1 Å². The number of fused-ring (bicyclic) bond motifs is 1. The quantitative estimate of drug-likeness (QED) is 0.752. The smallest absolute Gasteiger partial charge is 0.222 e. The third kappa shape index (κ3) is 2.53. The van der Waals surface area contributed by atoms with Crippen molar-refractivity contribution in [1.29, 1.82) is 0 Å². The van der Waals surface area contributed by atoms with Gasteiger partial charge in [0.1, 0.15) is 12.1 Å². The van der Waals surface area contributed by atoms with Crippen molar-refractivity contribution in [2.45, 2.75) is 18.5 Å². The Morgan fingerprint density at radius 3 is 2.83 bits per heavy atom. The molecule has 1 aliphatic rings. The molecule has 23 heavy (non-hydrogen) atoms. The highest BCUT2D eigenvalue weighted by atomic mass is 35.5. The van der Waals surface area contributed by atoms with Crippen molar-refractivity contribution in [2.75, 3.05) is 5.32 Å². The molecular weight excluding hydrogens is 312 g/mol. The highest BCUT2D eigenvalue weighted by Crippen LogP contribution is 2.40. The van der Waals surface area contributed by atoms with Gasteiger partial charge in [0.15, 0.2) is 0 Å². The average molecular weight is 327 g/mol. The van der Waals surface area contributed by atoms with E-state index in [2.05, 4.69) is 27.5 Å². The normalized spacial score (nSPS) is 19.9. The molecule has 2 atom stereocenters. The van der Waals surface area contributed by atoms with E-state index in [1.165, 1.54) is 0 Å². The molecular formula is C17H15ClN4O. The fourth-order valence-corrected chi connectivity index (χ4v) is 3.26. The van der Waals surface area contributed by atoms with E-state index in [1.54, 1.807) is 24.5 Å². The highest BCUT2D eigenvalue weighted by molar-refractivity contribution is 6.30. The van der Waals surface area contributed by atoms with Gasteiger partial charge in [0.25, 0.3) is 0 Å². The summed E-state index contributed by atoms with van der Waals surface area (Å²) in [4.78, 5) is 4.29. The van der Waals surface area contributed by atoms with E-state index < -0.39 is 0 Å². The Morgan fingerprint density at radius 2 is 2.00 bits per heavy atom. The molecule has 2 aromatic carbocycles. The molecule has 0 amide bonds. The van der Waals surface area contributed by atoms with E-state index in [0.717, 1.165) is 17.5 Å². The van der Waals surface area contributed by atoms with Crippen LogP contribution in [0.2, 0.25) is 5.02 Å². The average Bonchev–Trinajstić information content (AvgIpc) is 3.05. The summed E-state index contributed by atoms with van der Waals surface area (Å²) in [7, 11) is 0. The topological polar surface area (TPSA) is 63.0 Å². The first-order valence-electron chi connectivity index (χ1n) is 7.42. The molecule has 0 spiro atoms. The molecule has 1 aliphatic heterocycles. The van der Waals surface area contributed by atoms with Crippen molar-refractivity contribution >= 4 is 17.5 Å². The second-order valence-electron chi connectivity index (χ2n) is 5.59. The van der Waals surface area contributed by atoms with E-state index in [9.17, 15) is 5.11 Å². The van der Waals surface area contributed by atoms with Gasteiger partial charge < -0.3 is 10.4 Å². The standard InChI is InChI=1S/C17H15ClN4O/c18-12-6-7-16(23)13(8-12)14-9-15(11-4-2-1-3-5-11)22-17(21-14)19-10-20-22/h1-8,10,14-15,23H,9H2,(H,19,20,21)/t14-,15+/m0/s1. The van der Waals surface area contributed by atoms with Crippen molar-refractivity contribution in [3.8, 4) is 5.75 Å². The summed E-state index contributed by atoms with van der Waals surface area (Å²) < 4.78 is 1.88. The van der Waals surface area contributed by atoms with Crippen LogP contribution in [-0.4, -0.2) is 19.9 Å². The molecule has 0 bridgehead atoms. The first-order valence-corrected chi connectivity index (χ1v) is 7.79. The molecule has 4 rings (SSSR count). The number of benzene rings is 2. The maximum Gasteiger partial charge on any atom is 0.222 e. The summed E-state index contributed by atoms with van der Waals surface area (Å²) in [5, 5.41) is 18.5. The van der Waals surface area contributed by atoms with Crippen molar-refractivity contribution in [1.82, 2.24) is 14.8 Å². The summed E-state index contributed by atoms with van der Waals surface area (Å²) in [6, 6.07) is 15.2. The lowest BCUT2D eigenvalue weighted by Crippen LogP contribution is -2.28. The number of nitrogens with zero attached hydrogens (tertiary/aromatic N) is 3. The Balaban J connectivity index is 1.77. The summed E-state index contributed by atoms with van der Waals surface area (Å²) in [6.07, 6.45) is 2.28. The maximum atomic E-state index is 10.2. The van der Waals surface area contributed by atoms with Gasteiger partial charge in [-0.05, 0) is 30.2 Å². The Labute approximate surface area is 138 Å². The minimum atomic E-state index is -0.0874. The zero-order valence-corrected chi connectivity index (χ0v) is 13.0. The number of hydrogen-bond donors (Lipinski definition) is 2. The fraction of sp³-hybridized carbons (Fsp3) is 0.176. The molecule has 3 aromatic rings. The van der Waals surface area contributed by atoms with Crippen molar-refractivity contribution in [3.05, 3.63) is 71.0 Å². The van der Waals surface area contributed by atoms with Crippen LogP contribution in [0.15, 0.2) is 54.9 Å². The van der Waals surface area contributed by atoms with Gasteiger partial charge in [-0.1, -0.05) is 41.9 Å². The lowest BCUT2D eigenvalue weighted by molar-refractivity contribution is 0.414. The van der Waals surface area contributed by atoms with E-state index in [1.807, 2.05) is 22.9 Å². The second-order valence-corrected chi connectivity index (χ2v) is 6.03. The first kappa shape index (κ1) is 14.1. The molecule has 1 aromatic heterocycles. The molecule has 0 unspecified atom stereocenters. The summed E-state index contributed by atoms with van der Waals surface area (Å²) in [5.74, 6) is 0.918. The summed E-state index contributed by atoms with van der Waals surface area (Å²) in [6.45, 7) is 0. The molecule has 2 N–H and O–H groups in total. The summed E-state index contributed by atoms with van der Waals surface area (Å²) in [5.41, 5.74) is 1.93. The van der Waals surface area contributed by atoms with Crippen molar-refractivity contribution < 1.29 is 5.11 Å². The predicted octanol–water partition coefficient (Wildman–Crippen LogP) is 3.78. The molecule has 2 heterocycles. The SMILES string of the molecule is Oc1ccc(Cl)cc1[C@@H]1C[C@H](c2ccccc2)n2ncnc2N1. The van der Waals surface area contributed by atoms with Gasteiger partial charge in [0, 0.05) is 10.6 Å². The molecule has 116 valence electrons. The number of nitrogens with one attached hydrogen (secondary N) is 1. The number of phenols is 1. The minimum Gasteiger partial charge on any atom is -0.508 e. The minimum absolute atomic E-state index is 0.0540. The number of aromatic nitrogens is 3. The number of hydrogen-bond acceptors (Lipinski definition) is 4. The maximum absolute atomic E-state index is 10.2. The van der Waals surface area contributed by atoms with Crippen LogP contribution in [0.4, 0.5) is 5.95 Å². The molecule has 0 saturated carbocycles. The zero-order valence-electron chi connectivity index (χ0n) is 12.2. The van der Waals surface area contributed by atoms with Crippen molar-refractivity contribution in [2.24, 2.45) is 0 Å². The number of aromatic hydroxyl groups is 1. The number of phenolic OH excluding ortho intramolecular Hbond substituents is 1. The molecule has 6 heteroatoms. The Morgan fingerprint density at radius 1 is 1.17 bits per heavy atom. The zero-order chi connectivity index (χ0) is 15.8. The molecule has 0 radical (unpaired) electrons. The van der Waals surface area contributed by atoms with E-state index in [4.69, 9.17) is 11.6 Å². The highest BCUT2D eigenvalue weighted by Gasteiger charge is 2.31. The van der Waals surface area contributed by atoms with Crippen LogP contribution >= 0.6 is 11.6 Å². The van der Waals surface area contributed by atoms with Crippen LogP contribution in [0, 0.1) is 0 Å². The number of anilines is 1. The van der Waals surface area contributed by atoms with E-state index >= 15 is 0 Å². The Kier molecular flexibility index (Phi) is 3.42. The fourth-order valence-electron chi connectivity index (χ4n) is 3.08. The number of rotatable bonds is 2. The molecule has 0 fully saturated rings. The second kappa shape index (κ2) is 5.59. The van der Waals surface area contributed by atoms with Crippen LogP contribution in [0.5, 0.6) is 5.75 Å². The first-order chi connectivity index (χ1) is 11.2. The van der Waals surface area contributed by atoms with Gasteiger partial charge in [-0.25, -0.2) is 4.68 Å². The van der Waals surface area contributed by atoms with Gasteiger partial charge in [-0.2, -0.15) is 10.1 Å². The molecule has 0 saturated heterocycles. The van der Waals surface area contributed by atoms with E-state index in [-0.39, 0.29) is 17.8 Å². The third-order valence-corrected chi connectivity index (χ3v) is 4.42. The van der Waals surface area contributed by atoms with Crippen LogP contribution in [0.25, 0.3) is 0 Å². The van der Waals surface area contributed by atoms with Crippen molar-refractivity contribution in [3.63, 3.8) is 0 Å². The van der Waals surface area contributed by atoms with Crippen LogP contribution < -0.4 is 5.32 Å². The van der Waals surface area contributed by atoms with Crippen LogP contribution in [-0.2, 0) is 0 Å². The van der Waals surface area contributed by atoms with Crippen LogP contribution in [0.3, 0.4) is 0 Å². The van der Waals surface area contributed by atoms with E-state index in [0.29, 0.717) is 11.0 Å². The van der Waals surface area contributed by atoms with Gasteiger partial charge in [-0.3, -0.25) is 0 Å². The third-order valence-electron chi connectivity index (χ3n) is 4.18. The number of halogens is 1. The largest absolute Gasteiger partial charge is 0.508 e. The Hall–Kier alpha value is -2.53. The van der Waals surface area contributed by atoms with Crippen LogP contribution in [0.1, 0.15) is 29.6 Å².